The zero-order valence-electron chi connectivity index (χ0n) is 23.1. The molecule has 38 heavy (non-hydrogen) atoms. The lowest BCUT2D eigenvalue weighted by Crippen LogP contribution is -2.37. The van der Waals surface area contributed by atoms with Gasteiger partial charge in [0.05, 0.1) is 11.7 Å². The van der Waals surface area contributed by atoms with Crippen molar-refractivity contribution in [1.82, 2.24) is 15.2 Å². The van der Waals surface area contributed by atoms with Crippen molar-refractivity contribution < 1.29 is 9.53 Å². The Hall–Kier alpha value is -3.18. The quantitative estimate of drug-likeness (QED) is 0.379. The smallest absolute Gasteiger partial charge is 0.407 e. The molecule has 5 nitrogen and oxygen atoms in total. The molecule has 0 radical (unpaired) electrons. The van der Waals surface area contributed by atoms with Gasteiger partial charge >= 0.3 is 6.09 Å². The van der Waals surface area contributed by atoms with Crippen molar-refractivity contribution in [3.05, 3.63) is 100 Å². The van der Waals surface area contributed by atoms with Crippen molar-refractivity contribution in [1.29, 1.82) is 0 Å². The van der Waals surface area contributed by atoms with Crippen LogP contribution in [0.15, 0.2) is 66.9 Å². The maximum Gasteiger partial charge on any atom is 0.407 e. The predicted molar refractivity (Wildman–Crippen MR) is 152 cm³/mol. The Bertz CT molecular complexity index is 1250. The monoisotopic (exact) mass is 511 g/mol. The number of rotatable bonds is 7. The number of carbonyl (C=O) groups is 1. The second-order valence-corrected chi connectivity index (χ2v) is 11.9. The lowest BCUT2D eigenvalue weighted by atomic mass is 9.82. The van der Waals surface area contributed by atoms with E-state index in [1.54, 1.807) is 0 Å². The van der Waals surface area contributed by atoms with Crippen molar-refractivity contribution in [2.24, 2.45) is 5.92 Å². The highest BCUT2D eigenvalue weighted by atomic mass is 16.6. The molecular weight excluding hydrogens is 470 g/mol. The molecule has 1 amide bonds. The summed E-state index contributed by atoms with van der Waals surface area (Å²) >= 11 is 0. The second-order valence-electron chi connectivity index (χ2n) is 11.9. The van der Waals surface area contributed by atoms with Crippen molar-refractivity contribution in [2.75, 3.05) is 6.54 Å². The minimum atomic E-state index is -0.504. The molecule has 1 aromatic heterocycles. The fraction of sp³-hybridized carbons (Fsp3) is 0.455. The van der Waals surface area contributed by atoms with Gasteiger partial charge in [0.25, 0.3) is 0 Å². The van der Waals surface area contributed by atoms with Crippen molar-refractivity contribution >= 4 is 6.09 Å². The van der Waals surface area contributed by atoms with Gasteiger partial charge in [-0.2, -0.15) is 0 Å². The average molecular weight is 512 g/mol. The lowest BCUT2D eigenvalue weighted by molar-refractivity contribution is 0.0523. The highest BCUT2D eigenvalue weighted by molar-refractivity contribution is 5.67. The third-order valence-electron chi connectivity index (χ3n) is 7.76. The molecular formula is C33H41N3O2. The zero-order chi connectivity index (χ0) is 26.5. The van der Waals surface area contributed by atoms with Gasteiger partial charge in [0, 0.05) is 25.8 Å². The highest BCUT2D eigenvalue weighted by Gasteiger charge is 2.30. The van der Waals surface area contributed by atoms with Crippen LogP contribution in [0.25, 0.3) is 0 Å². The fourth-order valence-electron chi connectivity index (χ4n) is 6.06. The number of aromatic nitrogens is 1. The average Bonchev–Trinajstić information content (AvgIpc) is 2.90. The molecule has 200 valence electrons. The maximum atomic E-state index is 12.2. The molecule has 0 unspecified atom stereocenters. The van der Waals surface area contributed by atoms with Crippen LogP contribution in [0.5, 0.6) is 0 Å². The molecule has 0 saturated heterocycles. The van der Waals surface area contributed by atoms with Gasteiger partial charge in [0.15, 0.2) is 0 Å². The molecule has 5 heteroatoms. The summed E-state index contributed by atoms with van der Waals surface area (Å²) in [6, 6.07) is 22.2. The number of hydrogen-bond acceptors (Lipinski definition) is 4. The SMILES string of the molecule is CC(C)(C)OC(=O)NCc1cccc(CN(C[C@@H]2CCc3ccccc3C2)[C@H]2CCCc3cccnc32)c1. The predicted octanol–water partition coefficient (Wildman–Crippen LogP) is 6.79. The standard InChI is InChI=1S/C33H41N3O2/c1-33(2,3)38-32(37)35-21-24-9-6-10-25(19-24)22-36(30-15-7-13-28-14-8-18-34-31(28)30)23-26-16-17-27-11-4-5-12-29(27)20-26/h4-6,8-12,14,18-19,26,30H,7,13,15-17,20-23H2,1-3H3,(H,35,37)/t26-,30+/m1/s1. The number of pyridine rings is 1. The Morgan fingerprint density at radius 2 is 1.76 bits per heavy atom. The van der Waals surface area contributed by atoms with Gasteiger partial charge in [-0.15, -0.1) is 0 Å². The van der Waals surface area contributed by atoms with E-state index in [0.29, 0.717) is 18.5 Å². The van der Waals surface area contributed by atoms with Crippen molar-refractivity contribution in [3.63, 3.8) is 0 Å². The number of ether oxygens (including phenoxy) is 1. The van der Waals surface area contributed by atoms with E-state index in [1.807, 2.05) is 27.0 Å². The Balaban J connectivity index is 1.33. The molecule has 1 N–H and O–H groups in total. The van der Waals surface area contributed by atoms with Gasteiger partial charge in [0.1, 0.15) is 5.60 Å². The minimum absolute atomic E-state index is 0.334. The van der Waals surface area contributed by atoms with Crippen LogP contribution in [0, 0.1) is 5.92 Å². The van der Waals surface area contributed by atoms with Gasteiger partial charge in [-0.1, -0.05) is 54.6 Å². The number of alkyl carbamates (subject to hydrolysis) is 1. The van der Waals surface area contributed by atoms with E-state index in [-0.39, 0.29) is 6.09 Å². The van der Waals surface area contributed by atoms with E-state index in [1.165, 1.54) is 47.2 Å². The molecule has 0 spiro atoms. The van der Waals surface area contributed by atoms with Gasteiger partial charge in [0.2, 0.25) is 0 Å². The van der Waals surface area contributed by atoms with Crippen LogP contribution in [0.1, 0.15) is 79.6 Å². The molecule has 1 heterocycles. The number of benzene rings is 2. The summed E-state index contributed by atoms with van der Waals surface area (Å²) in [4.78, 5) is 19.7. The van der Waals surface area contributed by atoms with E-state index in [9.17, 15) is 4.79 Å². The summed E-state index contributed by atoms with van der Waals surface area (Å²) in [5, 5.41) is 2.90. The van der Waals surface area contributed by atoms with Crippen LogP contribution >= 0.6 is 0 Å². The number of fused-ring (bicyclic) bond motifs is 2. The summed E-state index contributed by atoms with van der Waals surface area (Å²) in [7, 11) is 0. The summed E-state index contributed by atoms with van der Waals surface area (Å²) in [6.07, 6.45) is 8.59. The molecule has 0 aliphatic heterocycles. The van der Waals surface area contributed by atoms with Crippen LogP contribution in [0.3, 0.4) is 0 Å². The van der Waals surface area contributed by atoms with Gasteiger partial charge in [-0.25, -0.2) is 4.79 Å². The molecule has 0 bridgehead atoms. The molecule has 2 aromatic carbocycles. The Kier molecular flexibility index (Phi) is 8.13. The van der Waals surface area contributed by atoms with Crippen molar-refractivity contribution in [2.45, 2.75) is 84.0 Å². The molecule has 2 aliphatic carbocycles. The van der Waals surface area contributed by atoms with E-state index >= 15 is 0 Å². The summed E-state index contributed by atoms with van der Waals surface area (Å²) in [5.41, 5.74) is 7.55. The topological polar surface area (TPSA) is 54.5 Å². The number of amides is 1. The summed E-state index contributed by atoms with van der Waals surface area (Å²) in [6.45, 7) is 8.03. The zero-order valence-corrected chi connectivity index (χ0v) is 23.1. The van der Waals surface area contributed by atoms with Gasteiger partial charge < -0.3 is 10.1 Å². The number of nitrogens with one attached hydrogen (secondary N) is 1. The van der Waals surface area contributed by atoms with Gasteiger partial charge in [-0.05, 0) is 99.1 Å². The third-order valence-corrected chi connectivity index (χ3v) is 7.76. The van der Waals surface area contributed by atoms with Gasteiger partial charge in [-0.3, -0.25) is 9.88 Å². The first-order valence-electron chi connectivity index (χ1n) is 14.1. The minimum Gasteiger partial charge on any atom is -0.444 e. The molecule has 0 fully saturated rings. The first-order valence-corrected chi connectivity index (χ1v) is 14.1. The Morgan fingerprint density at radius 1 is 0.974 bits per heavy atom. The van der Waals surface area contributed by atoms with Crippen molar-refractivity contribution in [3.8, 4) is 0 Å². The van der Waals surface area contributed by atoms with Crippen LogP contribution in [0.2, 0.25) is 0 Å². The maximum absolute atomic E-state index is 12.2. The van der Waals surface area contributed by atoms with Crippen LogP contribution in [-0.2, 0) is 37.1 Å². The van der Waals surface area contributed by atoms with Crippen LogP contribution in [0.4, 0.5) is 4.79 Å². The molecule has 2 atom stereocenters. The van der Waals surface area contributed by atoms with E-state index < -0.39 is 5.60 Å². The van der Waals surface area contributed by atoms with E-state index in [4.69, 9.17) is 9.72 Å². The fourth-order valence-corrected chi connectivity index (χ4v) is 6.06. The van der Waals surface area contributed by atoms with Crippen LogP contribution in [-0.4, -0.2) is 28.1 Å². The lowest BCUT2D eigenvalue weighted by Gasteiger charge is -2.38. The summed E-state index contributed by atoms with van der Waals surface area (Å²) < 4.78 is 5.41. The Labute approximate surface area is 227 Å². The molecule has 2 aliphatic rings. The number of nitrogens with zero attached hydrogens (tertiary/aromatic N) is 2. The van der Waals surface area contributed by atoms with Crippen LogP contribution < -0.4 is 5.32 Å². The number of carbonyl (C=O) groups excluding carboxylic acids is 1. The third kappa shape index (κ3) is 6.82. The first-order chi connectivity index (χ1) is 18.3. The molecule has 3 aromatic rings. The largest absolute Gasteiger partial charge is 0.444 e. The molecule has 0 saturated carbocycles. The number of aryl methyl sites for hydroxylation is 2. The van der Waals surface area contributed by atoms with E-state index in [0.717, 1.165) is 37.9 Å². The number of hydrogen-bond donors (Lipinski definition) is 1. The second kappa shape index (κ2) is 11.7. The Morgan fingerprint density at radius 3 is 2.61 bits per heavy atom. The first kappa shape index (κ1) is 26.4. The highest BCUT2D eigenvalue weighted by Crippen LogP contribution is 2.36. The normalized spacial score (nSPS) is 18.9. The molecule has 5 rings (SSSR count). The van der Waals surface area contributed by atoms with E-state index in [2.05, 4.69) is 70.9 Å². The summed E-state index contributed by atoms with van der Waals surface area (Å²) in [5.74, 6) is 0.635.